The number of aromatic nitrogens is 3. The monoisotopic (exact) mass is 419 g/mol. The van der Waals surface area contributed by atoms with Gasteiger partial charge in [0, 0.05) is 17.0 Å². The lowest BCUT2D eigenvalue weighted by atomic mass is 9.97. The summed E-state index contributed by atoms with van der Waals surface area (Å²) in [4.78, 5) is 14.4. The van der Waals surface area contributed by atoms with E-state index in [-0.39, 0.29) is 30.1 Å². The standard InChI is InChI=1S/C29H25N3/c1-19(2)27-30-28(24-16-15-21-10-4-5-11-22(21)18-24)32-29(31-27)26-14-7-6-13-25(26)23-12-8-9-20(3)17-23/h4-19H,1-3H3/i8D,9D,12D,17D. The van der Waals surface area contributed by atoms with Crippen LogP contribution in [0, 0.1) is 6.92 Å². The summed E-state index contributed by atoms with van der Waals surface area (Å²) in [5, 5.41) is 2.23. The van der Waals surface area contributed by atoms with Gasteiger partial charge in [0.15, 0.2) is 11.6 Å². The lowest BCUT2D eigenvalue weighted by Crippen LogP contribution is -2.05. The first-order valence-electron chi connectivity index (χ1n) is 12.7. The topological polar surface area (TPSA) is 38.7 Å². The van der Waals surface area contributed by atoms with Crippen molar-refractivity contribution in [3.05, 3.63) is 102 Å². The van der Waals surface area contributed by atoms with Crippen LogP contribution in [0.1, 0.15) is 36.6 Å². The minimum atomic E-state index is -0.191. The van der Waals surface area contributed by atoms with E-state index in [1.54, 1.807) is 6.92 Å². The molecule has 0 unspecified atom stereocenters. The van der Waals surface area contributed by atoms with E-state index in [0.29, 0.717) is 39.7 Å². The Labute approximate surface area is 194 Å². The van der Waals surface area contributed by atoms with Crippen molar-refractivity contribution in [2.75, 3.05) is 0 Å². The number of benzene rings is 4. The fourth-order valence-corrected chi connectivity index (χ4v) is 3.70. The summed E-state index contributed by atoms with van der Waals surface area (Å²) in [6, 6.07) is 21.3. The maximum atomic E-state index is 8.66. The Morgan fingerprint density at radius 2 is 1.44 bits per heavy atom. The zero-order valence-electron chi connectivity index (χ0n) is 22.3. The van der Waals surface area contributed by atoms with Gasteiger partial charge in [-0.3, -0.25) is 0 Å². The second-order valence-corrected chi connectivity index (χ2v) is 8.10. The van der Waals surface area contributed by atoms with E-state index in [0.717, 1.165) is 16.3 Å². The largest absolute Gasteiger partial charge is 0.213 e. The molecule has 0 saturated heterocycles. The van der Waals surface area contributed by atoms with E-state index >= 15 is 0 Å². The van der Waals surface area contributed by atoms with Crippen LogP contribution >= 0.6 is 0 Å². The number of rotatable bonds is 4. The summed E-state index contributed by atoms with van der Waals surface area (Å²) >= 11 is 0. The van der Waals surface area contributed by atoms with Crippen molar-refractivity contribution >= 4 is 10.8 Å². The second kappa shape index (κ2) is 8.35. The van der Waals surface area contributed by atoms with Crippen LogP contribution in [-0.4, -0.2) is 15.0 Å². The van der Waals surface area contributed by atoms with Crippen LogP contribution in [0.2, 0.25) is 0 Å². The SMILES string of the molecule is [2H]c1c([2H])c(C)c([2H])c(-c2ccccc2-c2nc(-c3ccc4ccccc4c3)nc(C(C)C)n2)c1[2H]. The Morgan fingerprint density at radius 1 is 0.719 bits per heavy atom. The van der Waals surface area contributed by atoms with Gasteiger partial charge >= 0.3 is 0 Å². The molecule has 5 aromatic rings. The highest BCUT2D eigenvalue weighted by atomic mass is 15.0. The fraction of sp³-hybridized carbons (Fsp3) is 0.138. The molecule has 1 heterocycles. The van der Waals surface area contributed by atoms with E-state index in [2.05, 4.69) is 24.3 Å². The minimum Gasteiger partial charge on any atom is -0.213 e. The molecule has 0 spiro atoms. The molecule has 0 bridgehead atoms. The highest BCUT2D eigenvalue weighted by molar-refractivity contribution is 5.87. The van der Waals surface area contributed by atoms with Gasteiger partial charge in [0.25, 0.3) is 0 Å². The Morgan fingerprint density at radius 3 is 2.25 bits per heavy atom. The Hall–Kier alpha value is -3.85. The van der Waals surface area contributed by atoms with Crippen LogP contribution in [0.5, 0.6) is 0 Å². The third kappa shape index (κ3) is 3.90. The van der Waals surface area contributed by atoms with Crippen molar-refractivity contribution in [1.29, 1.82) is 0 Å². The minimum absolute atomic E-state index is 0.0567. The van der Waals surface area contributed by atoms with E-state index in [9.17, 15) is 0 Å². The number of fused-ring (bicyclic) bond motifs is 1. The van der Waals surface area contributed by atoms with Gasteiger partial charge in [-0.25, -0.2) is 15.0 Å². The first-order chi connectivity index (χ1) is 17.3. The molecule has 32 heavy (non-hydrogen) atoms. The fourth-order valence-electron chi connectivity index (χ4n) is 3.70. The lowest BCUT2D eigenvalue weighted by Gasteiger charge is -2.13. The molecular weight excluding hydrogens is 390 g/mol. The van der Waals surface area contributed by atoms with Gasteiger partial charge in [-0.05, 0) is 34.9 Å². The summed E-state index contributed by atoms with van der Waals surface area (Å²) in [6.45, 7) is 5.70. The van der Waals surface area contributed by atoms with Gasteiger partial charge in [0.05, 0.1) is 5.48 Å². The number of hydrogen-bond donors (Lipinski definition) is 0. The zero-order chi connectivity index (χ0) is 25.6. The van der Waals surface area contributed by atoms with Gasteiger partial charge in [-0.2, -0.15) is 0 Å². The number of nitrogens with zero attached hydrogens (tertiary/aromatic N) is 3. The van der Waals surface area contributed by atoms with Gasteiger partial charge in [-0.15, -0.1) is 0 Å². The normalized spacial score (nSPS) is 13.0. The highest BCUT2D eigenvalue weighted by Crippen LogP contribution is 2.32. The summed E-state index contributed by atoms with van der Waals surface area (Å²) < 4.78 is 33.6. The Balaban J connectivity index is 1.75. The van der Waals surface area contributed by atoms with Crippen molar-refractivity contribution in [3.63, 3.8) is 0 Å². The van der Waals surface area contributed by atoms with E-state index in [1.807, 2.05) is 56.3 Å². The lowest BCUT2D eigenvalue weighted by molar-refractivity contribution is 0.766. The Bertz CT molecular complexity index is 1600. The van der Waals surface area contributed by atoms with Gasteiger partial charge in [0.2, 0.25) is 0 Å². The summed E-state index contributed by atoms with van der Waals surface area (Å²) in [6.07, 6.45) is 0. The van der Waals surface area contributed by atoms with Crippen molar-refractivity contribution < 1.29 is 5.48 Å². The smallest absolute Gasteiger partial charge is 0.164 e. The summed E-state index contributed by atoms with van der Waals surface area (Å²) in [5.74, 6) is 1.71. The number of hydrogen-bond acceptors (Lipinski definition) is 3. The van der Waals surface area contributed by atoms with Crippen molar-refractivity contribution in [2.45, 2.75) is 26.7 Å². The highest BCUT2D eigenvalue weighted by Gasteiger charge is 2.16. The quantitative estimate of drug-likeness (QED) is 0.303. The molecule has 0 amide bonds. The van der Waals surface area contributed by atoms with Crippen LogP contribution in [-0.2, 0) is 0 Å². The average molecular weight is 420 g/mol. The maximum absolute atomic E-state index is 8.66. The molecular formula is C29H25N3. The molecule has 0 aliphatic carbocycles. The molecule has 5 rings (SSSR count). The first-order valence-corrected chi connectivity index (χ1v) is 10.7. The summed E-state index contributed by atoms with van der Waals surface area (Å²) in [7, 11) is 0. The molecule has 0 saturated carbocycles. The van der Waals surface area contributed by atoms with E-state index in [4.69, 9.17) is 20.4 Å². The van der Waals surface area contributed by atoms with Gasteiger partial charge in [0.1, 0.15) is 5.82 Å². The molecule has 0 fully saturated rings. The molecule has 4 aromatic carbocycles. The predicted molar refractivity (Wildman–Crippen MR) is 132 cm³/mol. The van der Waals surface area contributed by atoms with Gasteiger partial charge < -0.3 is 0 Å². The third-order valence-corrected chi connectivity index (χ3v) is 5.36. The van der Waals surface area contributed by atoms with Gasteiger partial charge in [-0.1, -0.05) is 104 Å². The molecule has 0 N–H and O–H groups in total. The third-order valence-electron chi connectivity index (χ3n) is 5.36. The zero-order valence-corrected chi connectivity index (χ0v) is 18.3. The summed E-state index contributed by atoms with van der Waals surface area (Å²) in [5.41, 5.74) is 2.80. The predicted octanol–water partition coefficient (Wildman–Crippen LogP) is 7.46. The van der Waals surface area contributed by atoms with Crippen LogP contribution in [0.4, 0.5) is 0 Å². The molecule has 0 aliphatic rings. The van der Waals surface area contributed by atoms with Crippen LogP contribution in [0.25, 0.3) is 44.7 Å². The van der Waals surface area contributed by atoms with E-state index in [1.165, 1.54) is 0 Å². The molecule has 1 aromatic heterocycles. The van der Waals surface area contributed by atoms with E-state index < -0.39 is 0 Å². The van der Waals surface area contributed by atoms with Crippen molar-refractivity contribution in [2.24, 2.45) is 0 Å². The average Bonchev–Trinajstić information content (AvgIpc) is 2.90. The molecule has 0 radical (unpaired) electrons. The molecule has 156 valence electrons. The van der Waals surface area contributed by atoms with Crippen molar-refractivity contribution in [3.8, 4) is 33.9 Å². The molecule has 3 nitrogen and oxygen atoms in total. The molecule has 0 aliphatic heterocycles. The maximum Gasteiger partial charge on any atom is 0.164 e. The van der Waals surface area contributed by atoms with Crippen LogP contribution in [0.15, 0.2) is 90.9 Å². The first kappa shape index (κ1) is 15.9. The molecule has 0 atom stereocenters. The second-order valence-electron chi connectivity index (χ2n) is 8.10. The van der Waals surface area contributed by atoms with Crippen LogP contribution in [0.3, 0.4) is 0 Å². The molecule has 3 heteroatoms. The Kier molecular flexibility index (Phi) is 4.14. The van der Waals surface area contributed by atoms with Crippen LogP contribution < -0.4 is 0 Å². The van der Waals surface area contributed by atoms with Crippen molar-refractivity contribution in [1.82, 2.24) is 15.0 Å².